The SMILES string of the molecule is CC1(C(=O)N2CCC(n3cnnc3)CC2)CCCCO1. The Balaban J connectivity index is 1.59. The van der Waals surface area contributed by atoms with E-state index in [4.69, 9.17) is 4.74 Å². The van der Waals surface area contributed by atoms with E-state index < -0.39 is 5.60 Å². The van der Waals surface area contributed by atoms with Crippen molar-refractivity contribution in [2.24, 2.45) is 0 Å². The summed E-state index contributed by atoms with van der Waals surface area (Å²) in [5.41, 5.74) is -0.596. The molecule has 2 aliphatic heterocycles. The fourth-order valence-corrected chi connectivity index (χ4v) is 3.20. The molecule has 2 aliphatic rings. The van der Waals surface area contributed by atoms with E-state index in [1.807, 2.05) is 16.4 Å². The van der Waals surface area contributed by atoms with Crippen molar-refractivity contribution in [1.82, 2.24) is 19.7 Å². The van der Waals surface area contributed by atoms with Crippen LogP contribution < -0.4 is 0 Å². The number of carbonyl (C=O) groups is 1. The molecule has 0 saturated carbocycles. The zero-order valence-electron chi connectivity index (χ0n) is 12.0. The zero-order valence-corrected chi connectivity index (χ0v) is 12.0. The van der Waals surface area contributed by atoms with E-state index in [-0.39, 0.29) is 5.91 Å². The number of hydrogen-bond acceptors (Lipinski definition) is 4. The fourth-order valence-electron chi connectivity index (χ4n) is 3.20. The summed E-state index contributed by atoms with van der Waals surface area (Å²) in [5.74, 6) is 0.166. The van der Waals surface area contributed by atoms with Crippen LogP contribution in [0.5, 0.6) is 0 Å². The van der Waals surface area contributed by atoms with Gasteiger partial charge in [-0.2, -0.15) is 0 Å². The molecule has 1 amide bonds. The van der Waals surface area contributed by atoms with Gasteiger partial charge in [0.2, 0.25) is 0 Å². The first-order valence-electron chi connectivity index (χ1n) is 7.46. The molecule has 0 bridgehead atoms. The minimum absolute atomic E-state index is 0.166. The number of aromatic nitrogens is 3. The predicted octanol–water partition coefficient (Wildman–Crippen LogP) is 1.40. The Morgan fingerprint density at radius 2 is 1.95 bits per heavy atom. The molecule has 6 nitrogen and oxygen atoms in total. The number of nitrogens with zero attached hydrogens (tertiary/aromatic N) is 4. The zero-order chi connectivity index (χ0) is 14.0. The summed E-state index contributed by atoms with van der Waals surface area (Å²) < 4.78 is 7.81. The van der Waals surface area contributed by atoms with Gasteiger partial charge < -0.3 is 14.2 Å². The molecule has 3 heterocycles. The minimum Gasteiger partial charge on any atom is -0.365 e. The van der Waals surface area contributed by atoms with Crippen LogP contribution in [-0.2, 0) is 9.53 Å². The second kappa shape index (κ2) is 5.52. The Bertz CT molecular complexity index is 446. The number of piperidine rings is 1. The van der Waals surface area contributed by atoms with E-state index in [0.717, 1.165) is 45.2 Å². The van der Waals surface area contributed by atoms with Crippen LogP contribution in [0.1, 0.15) is 45.1 Å². The van der Waals surface area contributed by atoms with Gasteiger partial charge in [-0.1, -0.05) is 0 Å². The van der Waals surface area contributed by atoms with Gasteiger partial charge in [-0.25, -0.2) is 0 Å². The maximum Gasteiger partial charge on any atom is 0.254 e. The van der Waals surface area contributed by atoms with Crippen LogP contribution in [0.2, 0.25) is 0 Å². The number of hydrogen-bond donors (Lipinski definition) is 0. The lowest BCUT2D eigenvalue weighted by Crippen LogP contribution is -2.52. The molecule has 0 N–H and O–H groups in total. The van der Waals surface area contributed by atoms with Crippen LogP contribution in [-0.4, -0.2) is 50.9 Å². The topological polar surface area (TPSA) is 60.2 Å². The Hall–Kier alpha value is -1.43. The first kappa shape index (κ1) is 13.5. The second-order valence-corrected chi connectivity index (χ2v) is 5.97. The van der Waals surface area contributed by atoms with Crippen LogP contribution in [0.25, 0.3) is 0 Å². The summed E-state index contributed by atoms with van der Waals surface area (Å²) in [6, 6.07) is 0.411. The summed E-state index contributed by atoms with van der Waals surface area (Å²) in [5, 5.41) is 7.70. The lowest BCUT2D eigenvalue weighted by atomic mass is 9.93. The van der Waals surface area contributed by atoms with Gasteiger partial charge in [0.05, 0.1) is 0 Å². The number of rotatable bonds is 2. The Morgan fingerprint density at radius 1 is 1.25 bits per heavy atom. The first-order valence-corrected chi connectivity index (χ1v) is 7.46. The van der Waals surface area contributed by atoms with Crippen molar-refractivity contribution in [2.45, 2.75) is 50.7 Å². The van der Waals surface area contributed by atoms with Crippen LogP contribution in [0.4, 0.5) is 0 Å². The van der Waals surface area contributed by atoms with E-state index in [9.17, 15) is 4.79 Å². The highest BCUT2D eigenvalue weighted by Gasteiger charge is 2.40. The van der Waals surface area contributed by atoms with Crippen molar-refractivity contribution >= 4 is 5.91 Å². The predicted molar refractivity (Wildman–Crippen MR) is 73.1 cm³/mol. The molecule has 1 aromatic heterocycles. The Kier molecular flexibility index (Phi) is 3.74. The van der Waals surface area contributed by atoms with Crippen LogP contribution in [0.15, 0.2) is 12.7 Å². The van der Waals surface area contributed by atoms with Crippen LogP contribution in [0, 0.1) is 0 Å². The van der Waals surface area contributed by atoms with Crippen molar-refractivity contribution in [3.05, 3.63) is 12.7 Å². The van der Waals surface area contributed by atoms with Gasteiger partial charge in [-0.3, -0.25) is 4.79 Å². The second-order valence-electron chi connectivity index (χ2n) is 5.97. The largest absolute Gasteiger partial charge is 0.365 e. The summed E-state index contributed by atoms with van der Waals surface area (Å²) in [6.07, 6.45) is 8.43. The summed E-state index contributed by atoms with van der Waals surface area (Å²) in [4.78, 5) is 14.6. The standard InChI is InChI=1S/C14H22N4O2/c1-14(6-2-3-9-20-14)13(19)17-7-4-12(5-8-17)18-10-15-16-11-18/h10-12H,2-9H2,1H3. The number of amides is 1. The monoisotopic (exact) mass is 278 g/mol. The molecule has 2 saturated heterocycles. The van der Waals surface area contributed by atoms with Crippen LogP contribution >= 0.6 is 0 Å². The van der Waals surface area contributed by atoms with Gasteiger partial charge >= 0.3 is 0 Å². The van der Waals surface area contributed by atoms with E-state index in [2.05, 4.69) is 10.2 Å². The number of ether oxygens (including phenoxy) is 1. The molecule has 110 valence electrons. The van der Waals surface area contributed by atoms with Crippen molar-refractivity contribution < 1.29 is 9.53 Å². The lowest BCUT2D eigenvalue weighted by molar-refractivity contribution is -0.163. The molecule has 0 radical (unpaired) electrons. The van der Waals surface area contributed by atoms with Gasteiger partial charge in [-0.15, -0.1) is 10.2 Å². The molecular formula is C14H22N4O2. The van der Waals surface area contributed by atoms with E-state index in [1.54, 1.807) is 12.7 Å². The number of carbonyl (C=O) groups excluding carboxylic acids is 1. The van der Waals surface area contributed by atoms with Crippen molar-refractivity contribution in [3.63, 3.8) is 0 Å². The molecule has 2 fully saturated rings. The summed E-state index contributed by atoms with van der Waals surface area (Å²) in [6.45, 7) is 4.24. The maximum atomic E-state index is 12.6. The highest BCUT2D eigenvalue weighted by Crippen LogP contribution is 2.29. The van der Waals surface area contributed by atoms with Gasteiger partial charge in [0.15, 0.2) is 0 Å². The van der Waals surface area contributed by atoms with Gasteiger partial charge in [0, 0.05) is 25.7 Å². The average molecular weight is 278 g/mol. The molecule has 1 aromatic rings. The van der Waals surface area contributed by atoms with Crippen LogP contribution in [0.3, 0.4) is 0 Å². The van der Waals surface area contributed by atoms with Crippen molar-refractivity contribution in [3.8, 4) is 0 Å². The third-order valence-corrected chi connectivity index (χ3v) is 4.53. The van der Waals surface area contributed by atoms with Gasteiger partial charge in [0.1, 0.15) is 18.3 Å². The maximum absolute atomic E-state index is 12.6. The Labute approximate surface area is 119 Å². The molecule has 0 aromatic carbocycles. The third kappa shape index (κ3) is 2.57. The third-order valence-electron chi connectivity index (χ3n) is 4.53. The lowest BCUT2D eigenvalue weighted by Gasteiger charge is -2.40. The van der Waals surface area contributed by atoms with Crippen molar-refractivity contribution in [1.29, 1.82) is 0 Å². The van der Waals surface area contributed by atoms with E-state index in [1.165, 1.54) is 0 Å². The molecule has 0 spiro atoms. The summed E-state index contributed by atoms with van der Waals surface area (Å²) in [7, 11) is 0. The number of likely N-dealkylation sites (tertiary alicyclic amines) is 1. The normalized spacial score (nSPS) is 28.6. The minimum atomic E-state index is -0.596. The molecule has 6 heteroatoms. The smallest absolute Gasteiger partial charge is 0.254 e. The Morgan fingerprint density at radius 3 is 2.55 bits per heavy atom. The molecular weight excluding hydrogens is 256 g/mol. The highest BCUT2D eigenvalue weighted by molar-refractivity contribution is 5.85. The van der Waals surface area contributed by atoms with E-state index >= 15 is 0 Å². The highest BCUT2D eigenvalue weighted by atomic mass is 16.5. The molecule has 1 atom stereocenters. The van der Waals surface area contributed by atoms with Gasteiger partial charge in [-0.05, 0) is 39.0 Å². The molecule has 20 heavy (non-hydrogen) atoms. The summed E-state index contributed by atoms with van der Waals surface area (Å²) >= 11 is 0. The molecule has 3 rings (SSSR count). The van der Waals surface area contributed by atoms with Gasteiger partial charge in [0.25, 0.3) is 5.91 Å². The quantitative estimate of drug-likeness (QED) is 0.820. The molecule has 1 unspecified atom stereocenters. The fraction of sp³-hybridized carbons (Fsp3) is 0.786. The molecule has 0 aliphatic carbocycles. The first-order chi connectivity index (χ1) is 9.69. The average Bonchev–Trinajstić information content (AvgIpc) is 3.02. The van der Waals surface area contributed by atoms with Crippen molar-refractivity contribution in [2.75, 3.05) is 19.7 Å². The van der Waals surface area contributed by atoms with E-state index in [0.29, 0.717) is 12.6 Å².